The van der Waals surface area contributed by atoms with Crippen molar-refractivity contribution in [3.8, 4) is 0 Å². The van der Waals surface area contributed by atoms with Gasteiger partial charge in [0.1, 0.15) is 0 Å². The van der Waals surface area contributed by atoms with Crippen molar-refractivity contribution in [2.24, 2.45) is 0 Å². The van der Waals surface area contributed by atoms with Crippen molar-refractivity contribution in [1.29, 1.82) is 0 Å². The van der Waals surface area contributed by atoms with E-state index in [-0.39, 0.29) is 17.8 Å². The second-order valence-corrected chi connectivity index (χ2v) is 3.30. The summed E-state index contributed by atoms with van der Waals surface area (Å²) in [5, 5.41) is 0. The normalized spacial score (nSPS) is 11.7. The number of nitrogens with one attached hydrogen (secondary N) is 1. The second kappa shape index (κ2) is 5.89. The minimum absolute atomic E-state index is 0.191. The zero-order valence-electron chi connectivity index (χ0n) is 10.1. The van der Waals surface area contributed by atoms with E-state index in [4.69, 9.17) is 4.74 Å². The van der Waals surface area contributed by atoms with Crippen LogP contribution in [-0.2, 0) is 19.1 Å². The van der Waals surface area contributed by atoms with Crippen molar-refractivity contribution in [2.75, 3.05) is 13.7 Å². The van der Waals surface area contributed by atoms with Crippen LogP contribution in [0.15, 0.2) is 23.9 Å². The van der Waals surface area contributed by atoms with Gasteiger partial charge in [0, 0.05) is 6.20 Å². The molecule has 1 N–H and O–H groups in total. The lowest BCUT2D eigenvalue weighted by atomic mass is 10.1. The minimum Gasteiger partial charge on any atom is -0.465 e. The van der Waals surface area contributed by atoms with Gasteiger partial charge in [0.2, 0.25) is 0 Å². The van der Waals surface area contributed by atoms with E-state index in [1.807, 2.05) is 0 Å². The average molecular weight is 237 g/mol. The third kappa shape index (κ3) is 2.96. The van der Waals surface area contributed by atoms with Gasteiger partial charge in [0.15, 0.2) is 0 Å². The van der Waals surface area contributed by atoms with Gasteiger partial charge in [-0.2, -0.15) is 0 Å². The SMILES string of the molecule is CCOC(=O)/C(C)=C(/C(=O)OC)c1ccc[nH]1. The van der Waals surface area contributed by atoms with Gasteiger partial charge in [-0.25, -0.2) is 9.59 Å². The highest BCUT2D eigenvalue weighted by Gasteiger charge is 2.21. The Morgan fingerprint density at radius 2 is 2.06 bits per heavy atom. The molecule has 1 aromatic rings. The molecule has 0 saturated heterocycles. The molecule has 0 unspecified atom stereocenters. The van der Waals surface area contributed by atoms with Crippen LogP contribution in [-0.4, -0.2) is 30.6 Å². The summed E-state index contributed by atoms with van der Waals surface area (Å²) in [6, 6.07) is 3.42. The molecule has 0 aliphatic heterocycles. The number of carbonyl (C=O) groups is 2. The zero-order valence-corrected chi connectivity index (χ0v) is 10.1. The summed E-state index contributed by atoms with van der Waals surface area (Å²) in [5.41, 5.74) is 0.944. The number of hydrogen-bond acceptors (Lipinski definition) is 4. The van der Waals surface area contributed by atoms with Gasteiger partial charge in [-0.15, -0.1) is 0 Å². The van der Waals surface area contributed by atoms with Crippen molar-refractivity contribution >= 4 is 17.5 Å². The first-order chi connectivity index (χ1) is 8.11. The average Bonchev–Trinajstić information content (AvgIpc) is 2.82. The van der Waals surface area contributed by atoms with E-state index in [0.717, 1.165) is 0 Å². The van der Waals surface area contributed by atoms with E-state index >= 15 is 0 Å². The molecule has 0 bridgehead atoms. The molecule has 1 heterocycles. The monoisotopic (exact) mass is 237 g/mol. The Labute approximate surface area is 99.4 Å². The smallest absolute Gasteiger partial charge is 0.340 e. The molecular formula is C12H15NO4. The lowest BCUT2D eigenvalue weighted by molar-refractivity contribution is -0.139. The molecular weight excluding hydrogens is 222 g/mol. The van der Waals surface area contributed by atoms with Gasteiger partial charge in [0.05, 0.1) is 30.6 Å². The van der Waals surface area contributed by atoms with Crippen LogP contribution in [0.4, 0.5) is 0 Å². The first kappa shape index (κ1) is 13.0. The second-order valence-electron chi connectivity index (χ2n) is 3.30. The van der Waals surface area contributed by atoms with Crippen LogP contribution >= 0.6 is 0 Å². The molecule has 17 heavy (non-hydrogen) atoms. The van der Waals surface area contributed by atoms with Crippen molar-refractivity contribution in [3.63, 3.8) is 0 Å². The summed E-state index contributed by atoms with van der Waals surface area (Å²) in [6.45, 7) is 3.50. The number of methoxy groups -OCH3 is 1. The zero-order chi connectivity index (χ0) is 12.8. The summed E-state index contributed by atoms with van der Waals surface area (Å²) in [5.74, 6) is -1.10. The molecule has 5 nitrogen and oxygen atoms in total. The Balaban J connectivity index is 3.18. The molecule has 0 aliphatic carbocycles. The van der Waals surface area contributed by atoms with Gasteiger partial charge in [0.25, 0.3) is 0 Å². The maximum atomic E-state index is 11.7. The fourth-order valence-electron chi connectivity index (χ4n) is 1.39. The van der Waals surface area contributed by atoms with Crippen LogP contribution < -0.4 is 0 Å². The number of H-pyrrole nitrogens is 1. The summed E-state index contributed by atoms with van der Waals surface area (Å²) in [6.07, 6.45) is 1.66. The summed E-state index contributed by atoms with van der Waals surface area (Å²) in [4.78, 5) is 26.1. The molecule has 0 radical (unpaired) electrons. The van der Waals surface area contributed by atoms with Gasteiger partial charge < -0.3 is 14.5 Å². The molecule has 0 fully saturated rings. The van der Waals surface area contributed by atoms with Gasteiger partial charge >= 0.3 is 11.9 Å². The van der Waals surface area contributed by atoms with Crippen LogP contribution in [0.1, 0.15) is 19.5 Å². The maximum absolute atomic E-state index is 11.7. The molecule has 1 aromatic heterocycles. The van der Waals surface area contributed by atoms with E-state index in [1.165, 1.54) is 14.0 Å². The van der Waals surface area contributed by atoms with Gasteiger partial charge in [-0.1, -0.05) is 0 Å². The Morgan fingerprint density at radius 1 is 1.35 bits per heavy atom. The minimum atomic E-state index is -0.571. The third-order valence-electron chi connectivity index (χ3n) is 2.21. The molecule has 0 amide bonds. The van der Waals surface area contributed by atoms with Crippen molar-refractivity contribution in [2.45, 2.75) is 13.8 Å². The van der Waals surface area contributed by atoms with Gasteiger partial charge in [-0.3, -0.25) is 0 Å². The lowest BCUT2D eigenvalue weighted by Gasteiger charge is -2.08. The fraction of sp³-hybridized carbons (Fsp3) is 0.333. The molecule has 0 spiro atoms. The Kier molecular flexibility index (Phi) is 4.51. The number of aromatic nitrogens is 1. The molecule has 0 aromatic carbocycles. The van der Waals surface area contributed by atoms with E-state index in [1.54, 1.807) is 25.3 Å². The highest BCUT2D eigenvalue weighted by molar-refractivity contribution is 6.22. The van der Waals surface area contributed by atoms with Crippen molar-refractivity contribution in [3.05, 3.63) is 29.6 Å². The predicted molar refractivity (Wildman–Crippen MR) is 62.0 cm³/mol. The first-order valence-corrected chi connectivity index (χ1v) is 5.21. The molecule has 92 valence electrons. The van der Waals surface area contributed by atoms with Crippen LogP contribution in [0.5, 0.6) is 0 Å². The molecule has 1 rings (SSSR count). The number of rotatable bonds is 4. The molecule has 5 heteroatoms. The highest BCUT2D eigenvalue weighted by atomic mass is 16.5. The van der Waals surface area contributed by atoms with Crippen LogP contribution in [0.25, 0.3) is 5.57 Å². The number of hydrogen-bond donors (Lipinski definition) is 1. The quantitative estimate of drug-likeness (QED) is 0.636. The van der Waals surface area contributed by atoms with E-state index < -0.39 is 11.9 Å². The van der Waals surface area contributed by atoms with Gasteiger partial charge in [-0.05, 0) is 26.0 Å². The van der Waals surface area contributed by atoms with Crippen molar-refractivity contribution in [1.82, 2.24) is 4.98 Å². The lowest BCUT2D eigenvalue weighted by Crippen LogP contribution is -2.13. The molecule has 0 atom stereocenters. The van der Waals surface area contributed by atoms with Crippen LogP contribution in [0.2, 0.25) is 0 Å². The molecule has 0 aliphatic rings. The Bertz CT molecular complexity index is 431. The summed E-state index contributed by atoms with van der Waals surface area (Å²) in [7, 11) is 1.27. The predicted octanol–water partition coefficient (Wildman–Crippen LogP) is 1.52. The fourth-order valence-corrected chi connectivity index (χ4v) is 1.39. The van der Waals surface area contributed by atoms with Crippen LogP contribution in [0.3, 0.4) is 0 Å². The van der Waals surface area contributed by atoms with E-state index in [9.17, 15) is 9.59 Å². The molecule has 0 saturated carbocycles. The maximum Gasteiger partial charge on any atom is 0.340 e. The standard InChI is InChI=1S/C12H15NO4/c1-4-17-11(14)8(2)10(12(15)16-3)9-6-5-7-13-9/h5-7,13H,4H2,1-3H3/b10-8+. The largest absolute Gasteiger partial charge is 0.465 e. The van der Waals surface area contributed by atoms with E-state index in [2.05, 4.69) is 9.72 Å². The summed E-state index contributed by atoms with van der Waals surface area (Å²) >= 11 is 0. The Hall–Kier alpha value is -2.04. The highest BCUT2D eigenvalue weighted by Crippen LogP contribution is 2.19. The number of ether oxygens (including phenoxy) is 2. The topological polar surface area (TPSA) is 68.4 Å². The Morgan fingerprint density at radius 3 is 2.53 bits per heavy atom. The number of aromatic amines is 1. The first-order valence-electron chi connectivity index (χ1n) is 5.21. The van der Waals surface area contributed by atoms with Crippen LogP contribution in [0, 0.1) is 0 Å². The number of carbonyl (C=O) groups excluding carboxylic acids is 2. The summed E-state index contributed by atoms with van der Waals surface area (Å²) < 4.78 is 9.52. The van der Waals surface area contributed by atoms with E-state index in [0.29, 0.717) is 5.69 Å². The number of esters is 2. The van der Waals surface area contributed by atoms with Crippen molar-refractivity contribution < 1.29 is 19.1 Å². The third-order valence-corrected chi connectivity index (χ3v) is 2.21.